The maximum absolute atomic E-state index is 13.1. The third-order valence-corrected chi connectivity index (χ3v) is 6.38. The summed E-state index contributed by atoms with van der Waals surface area (Å²) in [5.74, 6) is -2.91. The van der Waals surface area contributed by atoms with Gasteiger partial charge in [-0.2, -0.15) is 0 Å². The number of benzene rings is 1. The van der Waals surface area contributed by atoms with Gasteiger partial charge in [-0.1, -0.05) is 39.8 Å². The first-order chi connectivity index (χ1) is 17.8. The number of nitrogens with one attached hydrogen (secondary N) is 3. The number of Topliss-reactive ketones (excluding diaryl/α,β-unsaturated/α-hetero) is 1. The molecule has 4 amide bonds. The summed E-state index contributed by atoms with van der Waals surface area (Å²) in [5.41, 5.74) is 12.6. The van der Waals surface area contributed by atoms with Crippen molar-refractivity contribution < 1.29 is 29.1 Å². The van der Waals surface area contributed by atoms with Crippen molar-refractivity contribution in [3.8, 4) is 0 Å². The van der Waals surface area contributed by atoms with Crippen molar-refractivity contribution in [1.29, 1.82) is 0 Å². The lowest BCUT2D eigenvalue weighted by molar-refractivity contribution is -0.141. The fourth-order valence-corrected chi connectivity index (χ4v) is 3.98. The minimum atomic E-state index is -0.888. The Morgan fingerprint density at radius 2 is 1.63 bits per heavy atom. The molecule has 1 aromatic rings. The van der Waals surface area contributed by atoms with Gasteiger partial charge in [-0.3, -0.25) is 19.2 Å². The highest BCUT2D eigenvalue weighted by Crippen LogP contribution is 2.19. The zero-order valence-electron chi connectivity index (χ0n) is 22.8. The molecular weight excluding hydrogens is 490 g/mol. The summed E-state index contributed by atoms with van der Waals surface area (Å²) in [6, 6.07) is 5.15. The molecule has 0 aliphatic carbocycles. The van der Waals surface area contributed by atoms with Crippen molar-refractivity contribution >= 4 is 35.3 Å². The highest BCUT2D eigenvalue weighted by Gasteiger charge is 2.29. The number of urea groups is 1. The highest BCUT2D eigenvalue weighted by atomic mass is 16.4. The maximum Gasteiger partial charge on any atom is 0.312 e. The molecule has 0 spiro atoms. The van der Waals surface area contributed by atoms with Crippen molar-refractivity contribution in [3.63, 3.8) is 0 Å². The number of amides is 4. The topological polar surface area (TPSA) is 194 Å². The van der Waals surface area contributed by atoms with Crippen LogP contribution in [-0.4, -0.2) is 53.3 Å². The number of primary amides is 1. The normalized spacial score (nSPS) is 14.2. The summed E-state index contributed by atoms with van der Waals surface area (Å²) in [7, 11) is 0. The van der Waals surface area contributed by atoms with E-state index in [4.69, 9.17) is 16.6 Å². The van der Waals surface area contributed by atoms with E-state index >= 15 is 0 Å². The van der Waals surface area contributed by atoms with Gasteiger partial charge in [-0.05, 0) is 49.3 Å². The number of hydrogen-bond acceptors (Lipinski definition) is 6. The number of ketones is 1. The van der Waals surface area contributed by atoms with Gasteiger partial charge in [0.25, 0.3) is 0 Å². The second-order valence-corrected chi connectivity index (χ2v) is 10.1. The van der Waals surface area contributed by atoms with Crippen LogP contribution in [0.3, 0.4) is 0 Å². The number of hydrogen-bond donors (Lipinski definition) is 6. The molecule has 0 aliphatic rings. The number of carbonyl (C=O) groups excluding carboxylic acids is 4. The van der Waals surface area contributed by atoms with Crippen molar-refractivity contribution in [2.24, 2.45) is 29.2 Å². The van der Waals surface area contributed by atoms with Crippen LogP contribution in [0.1, 0.15) is 65.4 Å². The van der Waals surface area contributed by atoms with E-state index < -0.39 is 35.8 Å². The molecule has 0 saturated heterocycles. The number of carboxylic acids is 1. The minimum absolute atomic E-state index is 0.0252. The molecular formula is C27H43N5O6. The summed E-state index contributed by atoms with van der Waals surface area (Å²) >= 11 is 0. The van der Waals surface area contributed by atoms with Gasteiger partial charge in [0, 0.05) is 37.0 Å². The Morgan fingerprint density at radius 3 is 2.16 bits per heavy atom. The van der Waals surface area contributed by atoms with E-state index in [-0.39, 0.29) is 43.0 Å². The standard InChI is InChI=1S/C27H43N5O6/c1-5-21(33)15-22(16(2)3)24(34)32-23(7-6-12-30-27(29)38)25(35)31-20-10-8-18(9-11-20)14-19(28)13-17(4)26(36)37/h8-11,16-17,19,22-23H,5-7,12-15,28H2,1-4H3,(H,31,35)(H,32,34)(H,36,37)(H3,29,30,38)/t17-,19+,22?,23-/m0/s1. The summed E-state index contributed by atoms with van der Waals surface area (Å²) in [6.07, 6.45) is 1.92. The first kappa shape index (κ1) is 32.6. The SMILES string of the molecule is CCC(=O)CC(C(=O)N[C@@H](CCCNC(N)=O)C(=O)Nc1ccc(C[C@H](N)C[C@H](C)C(=O)O)cc1)C(C)C. The Hall–Kier alpha value is -3.47. The fourth-order valence-electron chi connectivity index (χ4n) is 3.98. The number of carboxylic acid groups (broad SMARTS) is 1. The van der Waals surface area contributed by atoms with Crippen LogP contribution in [0.15, 0.2) is 24.3 Å². The van der Waals surface area contributed by atoms with E-state index in [1.165, 1.54) is 0 Å². The Bertz CT molecular complexity index is 950. The number of nitrogens with two attached hydrogens (primary N) is 2. The zero-order chi connectivity index (χ0) is 28.8. The van der Waals surface area contributed by atoms with E-state index in [9.17, 15) is 24.0 Å². The summed E-state index contributed by atoms with van der Waals surface area (Å²) < 4.78 is 0. The van der Waals surface area contributed by atoms with Crippen LogP contribution in [0, 0.1) is 17.8 Å². The number of rotatable bonds is 17. The summed E-state index contributed by atoms with van der Waals surface area (Å²) in [6.45, 7) is 7.32. The monoisotopic (exact) mass is 533 g/mol. The van der Waals surface area contributed by atoms with E-state index in [1.54, 1.807) is 38.1 Å². The Balaban J connectivity index is 2.89. The Morgan fingerprint density at radius 1 is 1.00 bits per heavy atom. The van der Waals surface area contributed by atoms with Crippen LogP contribution in [0.2, 0.25) is 0 Å². The molecule has 0 saturated carbocycles. The molecule has 0 heterocycles. The van der Waals surface area contributed by atoms with E-state index in [1.807, 2.05) is 13.8 Å². The fraction of sp³-hybridized carbons (Fsp3) is 0.593. The van der Waals surface area contributed by atoms with Crippen molar-refractivity contribution in [2.45, 2.75) is 78.3 Å². The molecule has 1 aromatic carbocycles. The molecule has 0 bridgehead atoms. The molecule has 1 rings (SSSR count). The average Bonchev–Trinajstić information content (AvgIpc) is 2.84. The largest absolute Gasteiger partial charge is 0.481 e. The maximum atomic E-state index is 13.1. The molecule has 212 valence electrons. The van der Waals surface area contributed by atoms with Gasteiger partial charge in [0.1, 0.15) is 11.8 Å². The lowest BCUT2D eigenvalue weighted by atomic mass is 9.89. The Kier molecular flexibility index (Phi) is 14.0. The third kappa shape index (κ3) is 12.2. The predicted molar refractivity (Wildman–Crippen MR) is 145 cm³/mol. The van der Waals surface area contributed by atoms with Crippen LogP contribution >= 0.6 is 0 Å². The molecule has 0 aromatic heterocycles. The van der Waals surface area contributed by atoms with Gasteiger partial charge in [0.2, 0.25) is 11.8 Å². The number of carbonyl (C=O) groups is 5. The van der Waals surface area contributed by atoms with Gasteiger partial charge < -0.3 is 32.5 Å². The summed E-state index contributed by atoms with van der Waals surface area (Å²) in [5, 5.41) is 17.1. The van der Waals surface area contributed by atoms with Gasteiger partial charge in [-0.25, -0.2) is 4.79 Å². The van der Waals surface area contributed by atoms with Crippen molar-refractivity contribution in [2.75, 3.05) is 11.9 Å². The molecule has 11 nitrogen and oxygen atoms in total. The van der Waals surface area contributed by atoms with Crippen LogP contribution in [-0.2, 0) is 25.6 Å². The first-order valence-corrected chi connectivity index (χ1v) is 13.1. The molecule has 38 heavy (non-hydrogen) atoms. The van der Waals surface area contributed by atoms with E-state index in [0.29, 0.717) is 31.4 Å². The predicted octanol–water partition coefficient (Wildman–Crippen LogP) is 2.18. The molecule has 0 aliphatic heterocycles. The van der Waals surface area contributed by atoms with Crippen LogP contribution in [0.4, 0.5) is 10.5 Å². The molecule has 8 N–H and O–H groups in total. The molecule has 4 atom stereocenters. The minimum Gasteiger partial charge on any atom is -0.481 e. The quantitative estimate of drug-likeness (QED) is 0.165. The molecule has 0 fully saturated rings. The van der Waals surface area contributed by atoms with Crippen LogP contribution < -0.4 is 27.4 Å². The average molecular weight is 534 g/mol. The highest BCUT2D eigenvalue weighted by molar-refractivity contribution is 5.98. The summed E-state index contributed by atoms with van der Waals surface area (Å²) in [4.78, 5) is 60.1. The molecule has 11 heteroatoms. The van der Waals surface area contributed by atoms with E-state index in [0.717, 1.165) is 5.56 Å². The smallest absolute Gasteiger partial charge is 0.312 e. The first-order valence-electron chi connectivity index (χ1n) is 13.1. The third-order valence-electron chi connectivity index (χ3n) is 6.38. The van der Waals surface area contributed by atoms with Gasteiger partial charge in [0.15, 0.2) is 0 Å². The second kappa shape index (κ2) is 16.4. The van der Waals surface area contributed by atoms with Crippen molar-refractivity contribution in [3.05, 3.63) is 29.8 Å². The van der Waals surface area contributed by atoms with E-state index in [2.05, 4.69) is 16.0 Å². The van der Waals surface area contributed by atoms with Gasteiger partial charge >= 0.3 is 12.0 Å². The number of aliphatic carboxylic acids is 1. The second-order valence-electron chi connectivity index (χ2n) is 10.1. The number of anilines is 1. The molecule has 0 radical (unpaired) electrons. The van der Waals surface area contributed by atoms with Gasteiger partial charge in [-0.15, -0.1) is 0 Å². The lowest BCUT2D eigenvalue weighted by Gasteiger charge is -2.24. The van der Waals surface area contributed by atoms with Crippen LogP contribution in [0.25, 0.3) is 0 Å². The zero-order valence-corrected chi connectivity index (χ0v) is 22.8. The lowest BCUT2D eigenvalue weighted by Crippen LogP contribution is -2.47. The van der Waals surface area contributed by atoms with Crippen LogP contribution in [0.5, 0.6) is 0 Å². The van der Waals surface area contributed by atoms with Gasteiger partial charge in [0.05, 0.1) is 5.92 Å². The van der Waals surface area contributed by atoms with Crippen molar-refractivity contribution in [1.82, 2.24) is 10.6 Å². The molecule has 1 unspecified atom stereocenters. The Labute approximate surface area is 224 Å².